The topological polar surface area (TPSA) is 74.1 Å². The molecule has 3 rings (SSSR count). The molecule has 1 aromatic carbocycles. The van der Waals surface area contributed by atoms with Crippen molar-refractivity contribution in [3.63, 3.8) is 0 Å². The van der Waals surface area contributed by atoms with Gasteiger partial charge in [0.1, 0.15) is 11.8 Å². The predicted octanol–water partition coefficient (Wildman–Crippen LogP) is 1.75. The number of pyridine rings is 1. The highest BCUT2D eigenvalue weighted by molar-refractivity contribution is 6.21. The average molecular weight is 263 g/mol. The fourth-order valence-corrected chi connectivity index (χ4v) is 2.22. The van der Waals surface area contributed by atoms with Gasteiger partial charge in [-0.3, -0.25) is 14.5 Å². The van der Waals surface area contributed by atoms with Crippen molar-refractivity contribution >= 4 is 11.8 Å². The van der Waals surface area contributed by atoms with Gasteiger partial charge >= 0.3 is 0 Å². The summed E-state index contributed by atoms with van der Waals surface area (Å²) in [5.41, 5.74) is 1.59. The summed E-state index contributed by atoms with van der Waals surface area (Å²) in [4.78, 5) is 29.5. The highest BCUT2D eigenvalue weighted by Gasteiger charge is 2.35. The lowest BCUT2D eigenvalue weighted by Gasteiger charge is -2.14. The van der Waals surface area contributed by atoms with Crippen LogP contribution in [0.4, 0.5) is 0 Å². The Morgan fingerprint density at radius 2 is 1.70 bits per heavy atom. The first-order chi connectivity index (χ1) is 9.72. The molecule has 0 aliphatic carbocycles. The van der Waals surface area contributed by atoms with Crippen LogP contribution in [-0.4, -0.2) is 21.7 Å². The summed E-state index contributed by atoms with van der Waals surface area (Å²) in [7, 11) is 0. The fraction of sp³-hybridized carbons (Fsp3) is 0.0667. The molecule has 0 saturated heterocycles. The zero-order valence-corrected chi connectivity index (χ0v) is 10.4. The van der Waals surface area contributed by atoms with Gasteiger partial charge in [-0.05, 0) is 18.2 Å². The minimum Gasteiger partial charge on any atom is -0.270 e. The average Bonchev–Trinajstić information content (AvgIpc) is 2.73. The number of nitriles is 1. The molecule has 0 bridgehead atoms. The van der Waals surface area contributed by atoms with Crippen molar-refractivity contribution in [2.45, 2.75) is 6.54 Å². The Balaban J connectivity index is 1.97. The van der Waals surface area contributed by atoms with E-state index in [1.165, 1.54) is 6.20 Å². The van der Waals surface area contributed by atoms with Gasteiger partial charge in [0, 0.05) is 11.8 Å². The molecule has 0 fully saturated rings. The third-order valence-electron chi connectivity index (χ3n) is 3.20. The summed E-state index contributed by atoms with van der Waals surface area (Å²) in [6, 6.07) is 12.0. The standard InChI is InChI=1S/C15H9N3O2/c16-8-13-10(4-3-7-17-13)9-18-14(19)11-5-1-2-6-12(11)15(18)20/h1-7H,9H2. The lowest BCUT2D eigenvalue weighted by molar-refractivity contribution is 0.0642. The number of fused-ring (bicyclic) bond motifs is 1. The van der Waals surface area contributed by atoms with Gasteiger partial charge in [-0.1, -0.05) is 18.2 Å². The van der Waals surface area contributed by atoms with Gasteiger partial charge in [0.05, 0.1) is 17.7 Å². The smallest absolute Gasteiger partial charge is 0.261 e. The van der Waals surface area contributed by atoms with Crippen molar-refractivity contribution in [3.8, 4) is 6.07 Å². The van der Waals surface area contributed by atoms with Gasteiger partial charge in [-0.15, -0.1) is 0 Å². The molecule has 0 radical (unpaired) electrons. The van der Waals surface area contributed by atoms with E-state index in [0.717, 1.165) is 4.90 Å². The Labute approximate surface area is 115 Å². The van der Waals surface area contributed by atoms with Crippen molar-refractivity contribution in [3.05, 3.63) is 65.0 Å². The number of rotatable bonds is 2. The maximum Gasteiger partial charge on any atom is 0.261 e. The van der Waals surface area contributed by atoms with Gasteiger partial charge in [-0.25, -0.2) is 4.98 Å². The minimum absolute atomic E-state index is 0.0586. The van der Waals surface area contributed by atoms with Gasteiger partial charge < -0.3 is 0 Å². The number of hydrogen-bond acceptors (Lipinski definition) is 4. The largest absolute Gasteiger partial charge is 0.270 e. The Kier molecular flexibility index (Phi) is 2.77. The van der Waals surface area contributed by atoms with E-state index in [-0.39, 0.29) is 24.1 Å². The van der Waals surface area contributed by atoms with E-state index in [1.807, 2.05) is 6.07 Å². The van der Waals surface area contributed by atoms with Gasteiger partial charge in [0.25, 0.3) is 11.8 Å². The van der Waals surface area contributed by atoms with Crippen LogP contribution in [0.2, 0.25) is 0 Å². The molecule has 2 aromatic rings. The van der Waals surface area contributed by atoms with E-state index in [4.69, 9.17) is 5.26 Å². The maximum atomic E-state index is 12.2. The number of benzene rings is 1. The van der Waals surface area contributed by atoms with E-state index in [2.05, 4.69) is 4.98 Å². The molecule has 0 N–H and O–H groups in total. The first-order valence-corrected chi connectivity index (χ1v) is 6.01. The second-order valence-corrected chi connectivity index (χ2v) is 4.36. The predicted molar refractivity (Wildman–Crippen MR) is 69.6 cm³/mol. The highest BCUT2D eigenvalue weighted by Crippen LogP contribution is 2.24. The minimum atomic E-state index is -0.335. The molecule has 1 aliphatic heterocycles. The Hall–Kier alpha value is -3.00. The number of imide groups is 1. The molecule has 1 aliphatic rings. The molecule has 2 heterocycles. The molecule has 5 heteroatoms. The van der Waals surface area contributed by atoms with Crippen LogP contribution in [0, 0.1) is 11.3 Å². The molecule has 0 spiro atoms. The van der Waals surface area contributed by atoms with Crippen molar-refractivity contribution < 1.29 is 9.59 Å². The number of aromatic nitrogens is 1. The summed E-state index contributed by atoms with van der Waals surface area (Å²) >= 11 is 0. The number of carbonyl (C=O) groups is 2. The lowest BCUT2D eigenvalue weighted by Crippen LogP contribution is -2.29. The lowest BCUT2D eigenvalue weighted by atomic mass is 10.1. The molecule has 2 amide bonds. The van der Waals surface area contributed by atoms with Gasteiger partial charge in [0.15, 0.2) is 0 Å². The van der Waals surface area contributed by atoms with Crippen LogP contribution in [0.5, 0.6) is 0 Å². The summed E-state index contributed by atoms with van der Waals surface area (Å²) in [5, 5.41) is 9.00. The summed E-state index contributed by atoms with van der Waals surface area (Å²) in [5.74, 6) is -0.670. The van der Waals surface area contributed by atoms with E-state index < -0.39 is 0 Å². The van der Waals surface area contributed by atoms with Crippen molar-refractivity contribution in [1.82, 2.24) is 9.88 Å². The van der Waals surface area contributed by atoms with E-state index in [0.29, 0.717) is 16.7 Å². The SMILES string of the molecule is N#Cc1ncccc1CN1C(=O)c2ccccc2C1=O. The fourth-order valence-electron chi connectivity index (χ4n) is 2.22. The van der Waals surface area contributed by atoms with E-state index in [1.54, 1.807) is 36.4 Å². The Bertz CT molecular complexity index is 727. The quantitative estimate of drug-likeness (QED) is 0.773. The summed E-state index contributed by atoms with van der Waals surface area (Å²) in [6.07, 6.45) is 1.50. The van der Waals surface area contributed by atoms with E-state index in [9.17, 15) is 9.59 Å². The molecule has 0 saturated carbocycles. The molecule has 5 nitrogen and oxygen atoms in total. The number of hydrogen-bond donors (Lipinski definition) is 0. The second-order valence-electron chi connectivity index (χ2n) is 4.36. The molecule has 20 heavy (non-hydrogen) atoms. The normalized spacial score (nSPS) is 13.2. The Morgan fingerprint density at radius 3 is 2.30 bits per heavy atom. The van der Waals surface area contributed by atoms with E-state index >= 15 is 0 Å². The van der Waals surface area contributed by atoms with Crippen molar-refractivity contribution in [2.24, 2.45) is 0 Å². The first kappa shape index (κ1) is 12.1. The molecular formula is C15H9N3O2. The monoisotopic (exact) mass is 263 g/mol. The van der Waals surface area contributed by atoms with Crippen molar-refractivity contribution in [1.29, 1.82) is 5.26 Å². The maximum absolute atomic E-state index is 12.2. The third-order valence-corrected chi connectivity index (χ3v) is 3.20. The van der Waals surface area contributed by atoms with Crippen LogP contribution in [0.3, 0.4) is 0 Å². The molecule has 0 unspecified atom stereocenters. The van der Waals surface area contributed by atoms with Crippen LogP contribution in [0.25, 0.3) is 0 Å². The zero-order valence-electron chi connectivity index (χ0n) is 10.4. The van der Waals surface area contributed by atoms with Crippen LogP contribution in [0.1, 0.15) is 32.0 Å². The Morgan fingerprint density at radius 1 is 1.05 bits per heavy atom. The number of nitrogens with zero attached hydrogens (tertiary/aromatic N) is 3. The zero-order chi connectivity index (χ0) is 14.1. The summed E-state index contributed by atoms with van der Waals surface area (Å²) < 4.78 is 0. The highest BCUT2D eigenvalue weighted by atomic mass is 16.2. The van der Waals surface area contributed by atoms with Crippen LogP contribution in [0.15, 0.2) is 42.6 Å². The molecular weight excluding hydrogens is 254 g/mol. The van der Waals surface area contributed by atoms with Gasteiger partial charge in [-0.2, -0.15) is 5.26 Å². The van der Waals surface area contributed by atoms with Crippen LogP contribution in [-0.2, 0) is 6.54 Å². The van der Waals surface area contributed by atoms with Crippen LogP contribution >= 0.6 is 0 Å². The molecule has 0 atom stereocenters. The molecule has 96 valence electrons. The first-order valence-electron chi connectivity index (χ1n) is 6.01. The third kappa shape index (κ3) is 1.75. The summed E-state index contributed by atoms with van der Waals surface area (Å²) in [6.45, 7) is 0.0586. The van der Waals surface area contributed by atoms with Crippen molar-refractivity contribution in [2.75, 3.05) is 0 Å². The molecule has 1 aromatic heterocycles. The number of amides is 2. The van der Waals surface area contributed by atoms with Gasteiger partial charge in [0.2, 0.25) is 0 Å². The number of carbonyl (C=O) groups excluding carboxylic acids is 2. The van der Waals surface area contributed by atoms with Crippen LogP contribution < -0.4 is 0 Å². The second kappa shape index (κ2) is 4.59.